The van der Waals surface area contributed by atoms with Gasteiger partial charge < -0.3 is 9.64 Å². The number of benzene rings is 1. The summed E-state index contributed by atoms with van der Waals surface area (Å²) in [6.45, 7) is 8.41. The summed E-state index contributed by atoms with van der Waals surface area (Å²) in [5, 5.41) is 10.5. The number of nitriles is 1. The Morgan fingerprint density at radius 3 is 2.93 bits per heavy atom. The molecule has 1 aromatic heterocycles. The van der Waals surface area contributed by atoms with Crippen molar-refractivity contribution in [3.63, 3.8) is 0 Å². The van der Waals surface area contributed by atoms with Gasteiger partial charge in [-0.15, -0.1) is 0 Å². The molecular formula is C22H28N4O. The molecule has 3 atom stereocenters. The van der Waals surface area contributed by atoms with Crippen molar-refractivity contribution in [1.82, 2.24) is 9.88 Å². The Morgan fingerprint density at radius 1 is 1.22 bits per heavy atom. The minimum absolute atomic E-state index is 0.186. The van der Waals surface area contributed by atoms with Gasteiger partial charge in [0.1, 0.15) is 6.07 Å². The number of pyridine rings is 1. The highest BCUT2D eigenvalue weighted by atomic mass is 16.5. The number of anilines is 1. The van der Waals surface area contributed by atoms with Crippen molar-refractivity contribution >= 4 is 16.6 Å². The van der Waals surface area contributed by atoms with Crippen LogP contribution in [0.2, 0.25) is 0 Å². The summed E-state index contributed by atoms with van der Waals surface area (Å²) < 4.78 is 6.29. The Labute approximate surface area is 161 Å². The van der Waals surface area contributed by atoms with Gasteiger partial charge in [-0.25, -0.2) is 0 Å². The molecule has 0 saturated carbocycles. The van der Waals surface area contributed by atoms with Gasteiger partial charge in [0.05, 0.1) is 23.3 Å². The van der Waals surface area contributed by atoms with Crippen LogP contribution in [0.1, 0.15) is 38.7 Å². The second-order valence-electron chi connectivity index (χ2n) is 7.96. The third-order valence-corrected chi connectivity index (χ3v) is 5.91. The number of morpholine rings is 1. The van der Waals surface area contributed by atoms with Crippen LogP contribution in [-0.2, 0) is 4.74 Å². The maximum Gasteiger partial charge on any atom is 0.101 e. The van der Waals surface area contributed by atoms with E-state index in [-0.39, 0.29) is 12.2 Å². The van der Waals surface area contributed by atoms with Crippen LogP contribution < -0.4 is 4.90 Å². The van der Waals surface area contributed by atoms with Crippen molar-refractivity contribution < 1.29 is 4.74 Å². The van der Waals surface area contributed by atoms with E-state index in [0.29, 0.717) is 11.6 Å². The fourth-order valence-corrected chi connectivity index (χ4v) is 4.56. The fraction of sp³-hybridized carbons (Fsp3) is 0.545. The van der Waals surface area contributed by atoms with E-state index in [0.717, 1.165) is 36.2 Å². The summed E-state index contributed by atoms with van der Waals surface area (Å²) in [6.07, 6.45) is 6.08. The SMILES string of the molecule is CC1CCCCN1C[C@@H]1CN(c2ccc(C#N)c3ncccc23)C[C@@H](C)O1. The van der Waals surface area contributed by atoms with E-state index in [2.05, 4.69) is 46.8 Å². The highest BCUT2D eigenvalue weighted by molar-refractivity contribution is 5.95. The van der Waals surface area contributed by atoms with E-state index in [1.807, 2.05) is 12.1 Å². The molecule has 2 fully saturated rings. The Morgan fingerprint density at radius 2 is 2.11 bits per heavy atom. The number of piperidine rings is 1. The first-order valence-electron chi connectivity index (χ1n) is 10.1. The van der Waals surface area contributed by atoms with Crippen molar-refractivity contribution in [2.45, 2.75) is 51.4 Å². The predicted octanol–water partition coefficient (Wildman–Crippen LogP) is 3.57. The average molecular weight is 364 g/mol. The number of rotatable bonds is 3. The largest absolute Gasteiger partial charge is 0.370 e. The van der Waals surface area contributed by atoms with Gasteiger partial charge in [0.2, 0.25) is 0 Å². The van der Waals surface area contributed by atoms with Gasteiger partial charge in [0.15, 0.2) is 0 Å². The number of aromatic nitrogens is 1. The Kier molecular flexibility index (Phi) is 5.29. The molecule has 1 unspecified atom stereocenters. The maximum absolute atomic E-state index is 9.40. The Hall–Kier alpha value is -2.16. The molecule has 5 nitrogen and oxygen atoms in total. The van der Waals surface area contributed by atoms with Crippen molar-refractivity contribution in [2.75, 3.05) is 31.1 Å². The molecule has 1 aromatic carbocycles. The monoisotopic (exact) mass is 364 g/mol. The highest BCUT2D eigenvalue weighted by Gasteiger charge is 2.30. The van der Waals surface area contributed by atoms with Crippen molar-refractivity contribution in [3.8, 4) is 6.07 Å². The lowest BCUT2D eigenvalue weighted by Gasteiger charge is -2.42. The maximum atomic E-state index is 9.40. The molecule has 142 valence electrons. The second kappa shape index (κ2) is 7.84. The predicted molar refractivity (Wildman–Crippen MR) is 108 cm³/mol. The summed E-state index contributed by atoms with van der Waals surface area (Å²) in [4.78, 5) is 9.46. The van der Waals surface area contributed by atoms with E-state index < -0.39 is 0 Å². The lowest BCUT2D eigenvalue weighted by atomic mass is 10.0. The molecule has 0 bridgehead atoms. The van der Waals surface area contributed by atoms with Gasteiger partial charge in [-0.1, -0.05) is 6.42 Å². The van der Waals surface area contributed by atoms with Gasteiger partial charge in [-0.2, -0.15) is 5.26 Å². The minimum Gasteiger partial charge on any atom is -0.370 e. The molecule has 3 heterocycles. The van der Waals surface area contributed by atoms with Crippen molar-refractivity contribution in [2.24, 2.45) is 0 Å². The first kappa shape index (κ1) is 18.2. The van der Waals surface area contributed by atoms with Crippen LogP contribution >= 0.6 is 0 Å². The lowest BCUT2D eigenvalue weighted by molar-refractivity contribution is -0.0406. The third kappa shape index (κ3) is 3.78. The molecule has 0 amide bonds. The molecule has 2 aliphatic rings. The number of likely N-dealkylation sites (tertiary alicyclic amines) is 1. The zero-order valence-electron chi connectivity index (χ0n) is 16.3. The fourth-order valence-electron chi connectivity index (χ4n) is 4.56. The van der Waals surface area contributed by atoms with Crippen LogP contribution in [0.25, 0.3) is 10.9 Å². The normalized spacial score (nSPS) is 26.9. The van der Waals surface area contributed by atoms with Crippen molar-refractivity contribution in [1.29, 1.82) is 5.26 Å². The number of hydrogen-bond donors (Lipinski definition) is 0. The molecule has 0 N–H and O–H groups in total. The van der Waals surface area contributed by atoms with E-state index in [9.17, 15) is 5.26 Å². The van der Waals surface area contributed by atoms with Gasteiger partial charge in [-0.3, -0.25) is 9.88 Å². The highest BCUT2D eigenvalue weighted by Crippen LogP contribution is 2.30. The summed E-state index contributed by atoms with van der Waals surface area (Å²) in [5.74, 6) is 0. The van der Waals surface area contributed by atoms with Crippen LogP contribution in [-0.4, -0.2) is 54.3 Å². The molecule has 0 radical (unpaired) electrons. The van der Waals surface area contributed by atoms with Gasteiger partial charge in [-0.05, 0) is 57.5 Å². The first-order valence-corrected chi connectivity index (χ1v) is 10.1. The zero-order chi connectivity index (χ0) is 18.8. The van der Waals surface area contributed by atoms with E-state index in [1.54, 1.807) is 6.20 Å². The zero-order valence-corrected chi connectivity index (χ0v) is 16.3. The first-order chi connectivity index (χ1) is 13.2. The quantitative estimate of drug-likeness (QED) is 0.833. The third-order valence-electron chi connectivity index (χ3n) is 5.91. The van der Waals surface area contributed by atoms with E-state index >= 15 is 0 Å². The Bertz CT molecular complexity index is 846. The van der Waals surface area contributed by atoms with Crippen LogP contribution in [0.5, 0.6) is 0 Å². The van der Waals surface area contributed by atoms with Crippen LogP contribution in [0.15, 0.2) is 30.5 Å². The van der Waals surface area contributed by atoms with Crippen LogP contribution in [0, 0.1) is 11.3 Å². The van der Waals surface area contributed by atoms with Crippen molar-refractivity contribution in [3.05, 3.63) is 36.0 Å². The summed E-state index contributed by atoms with van der Waals surface area (Å²) in [5.41, 5.74) is 2.58. The van der Waals surface area contributed by atoms with Gasteiger partial charge in [0.25, 0.3) is 0 Å². The smallest absolute Gasteiger partial charge is 0.101 e. The molecule has 27 heavy (non-hydrogen) atoms. The molecule has 2 saturated heterocycles. The summed E-state index contributed by atoms with van der Waals surface area (Å²) in [6, 6.07) is 10.9. The molecular weight excluding hydrogens is 336 g/mol. The number of fused-ring (bicyclic) bond motifs is 1. The molecule has 4 rings (SSSR count). The van der Waals surface area contributed by atoms with E-state index in [4.69, 9.17) is 4.74 Å². The molecule has 0 spiro atoms. The van der Waals surface area contributed by atoms with E-state index in [1.165, 1.54) is 25.8 Å². The molecule has 0 aliphatic carbocycles. The molecule has 2 aromatic rings. The molecule has 2 aliphatic heterocycles. The summed E-state index contributed by atoms with van der Waals surface area (Å²) >= 11 is 0. The van der Waals surface area contributed by atoms with Crippen LogP contribution in [0.3, 0.4) is 0 Å². The average Bonchev–Trinajstić information content (AvgIpc) is 2.68. The number of nitrogens with zero attached hydrogens (tertiary/aromatic N) is 4. The minimum atomic E-state index is 0.186. The van der Waals surface area contributed by atoms with Gasteiger partial charge in [0, 0.05) is 42.9 Å². The second-order valence-corrected chi connectivity index (χ2v) is 7.96. The molecule has 5 heteroatoms. The van der Waals surface area contributed by atoms with Crippen LogP contribution in [0.4, 0.5) is 5.69 Å². The lowest BCUT2D eigenvalue weighted by Crippen LogP contribution is -2.52. The number of hydrogen-bond acceptors (Lipinski definition) is 5. The Balaban J connectivity index is 1.58. The summed E-state index contributed by atoms with van der Waals surface area (Å²) in [7, 11) is 0. The topological polar surface area (TPSA) is 52.4 Å². The van der Waals surface area contributed by atoms with Gasteiger partial charge >= 0.3 is 0 Å². The standard InChI is InChI=1S/C22H28N4O/c1-16-6-3-4-11-25(16)14-19-15-26(13-17(2)27-19)21-9-8-18(12-23)22-20(21)7-5-10-24-22/h5,7-10,16-17,19H,3-4,6,11,13-15H2,1-2H3/t16?,17-,19-/m1/s1. The number of ether oxygens (including phenoxy) is 1.